The van der Waals surface area contributed by atoms with Gasteiger partial charge in [-0.1, -0.05) is 6.92 Å². The number of morpholine rings is 1. The van der Waals surface area contributed by atoms with Crippen molar-refractivity contribution in [3.63, 3.8) is 0 Å². The number of piperazine rings is 1. The number of hydrogen-bond acceptors (Lipinski definition) is 6. The van der Waals surface area contributed by atoms with Gasteiger partial charge in [0, 0.05) is 64.6 Å². The number of pyridine rings is 1. The molecular formula is C22H39N7O. The zero-order valence-corrected chi connectivity index (χ0v) is 18.9. The number of aromatic nitrogens is 1. The number of anilines is 1. The molecule has 2 aliphatic rings. The Morgan fingerprint density at radius 2 is 1.90 bits per heavy atom. The Kier molecular flexibility index (Phi) is 9.17. The Hall–Kier alpha value is -1.90. The van der Waals surface area contributed by atoms with E-state index in [0.29, 0.717) is 12.6 Å². The van der Waals surface area contributed by atoms with Gasteiger partial charge in [-0.3, -0.25) is 4.90 Å². The van der Waals surface area contributed by atoms with Crippen molar-refractivity contribution in [2.75, 3.05) is 77.0 Å². The van der Waals surface area contributed by atoms with Crippen molar-refractivity contribution in [1.29, 1.82) is 0 Å². The maximum Gasteiger partial charge on any atom is 0.191 e. The minimum Gasteiger partial charge on any atom is -0.379 e. The standard InChI is InChI=1S/C22H39N7O/c1-4-23-22(25-17-19(3)28-12-14-30-15-13-28)26-18-20-6-7-24-21(16-20)29-10-8-27(5-2)9-11-29/h6-7,16,19H,4-5,8-15,17-18H2,1-3H3,(H2,23,25,26). The Bertz CT molecular complexity index is 655. The molecule has 0 radical (unpaired) electrons. The number of aliphatic imine (C=N–C) groups is 1. The monoisotopic (exact) mass is 417 g/mol. The van der Waals surface area contributed by atoms with Gasteiger partial charge in [0.15, 0.2) is 5.96 Å². The van der Waals surface area contributed by atoms with Gasteiger partial charge in [0.2, 0.25) is 0 Å². The van der Waals surface area contributed by atoms with E-state index in [1.54, 1.807) is 0 Å². The first-order valence-electron chi connectivity index (χ1n) is 11.5. The number of likely N-dealkylation sites (N-methyl/N-ethyl adjacent to an activating group) is 1. The van der Waals surface area contributed by atoms with E-state index in [0.717, 1.165) is 83.9 Å². The molecule has 0 saturated carbocycles. The summed E-state index contributed by atoms with van der Waals surface area (Å²) in [5, 5.41) is 6.87. The van der Waals surface area contributed by atoms with Crippen LogP contribution in [0.3, 0.4) is 0 Å². The Balaban J connectivity index is 1.53. The highest BCUT2D eigenvalue weighted by Gasteiger charge is 2.18. The molecule has 168 valence electrons. The second kappa shape index (κ2) is 12.1. The molecule has 1 aromatic rings. The molecular weight excluding hydrogens is 378 g/mol. The fraction of sp³-hybridized carbons (Fsp3) is 0.727. The average Bonchev–Trinajstić information content (AvgIpc) is 2.81. The summed E-state index contributed by atoms with van der Waals surface area (Å²) in [6.45, 7) is 18.0. The predicted molar refractivity (Wildman–Crippen MR) is 123 cm³/mol. The maximum atomic E-state index is 5.46. The second-order valence-electron chi connectivity index (χ2n) is 8.02. The van der Waals surface area contributed by atoms with Crippen molar-refractivity contribution in [2.45, 2.75) is 33.4 Å². The van der Waals surface area contributed by atoms with Crippen molar-refractivity contribution < 1.29 is 4.74 Å². The van der Waals surface area contributed by atoms with Crippen LogP contribution < -0.4 is 15.5 Å². The summed E-state index contributed by atoms with van der Waals surface area (Å²) < 4.78 is 5.46. The van der Waals surface area contributed by atoms with Crippen LogP contribution in [0.5, 0.6) is 0 Å². The van der Waals surface area contributed by atoms with Crippen LogP contribution >= 0.6 is 0 Å². The first kappa shape index (κ1) is 22.8. The van der Waals surface area contributed by atoms with E-state index in [9.17, 15) is 0 Å². The number of nitrogens with one attached hydrogen (secondary N) is 2. The normalized spacial score (nSPS) is 20.2. The zero-order valence-electron chi connectivity index (χ0n) is 18.9. The lowest BCUT2D eigenvalue weighted by Crippen LogP contribution is -2.49. The van der Waals surface area contributed by atoms with E-state index in [1.165, 1.54) is 5.56 Å². The van der Waals surface area contributed by atoms with Gasteiger partial charge in [-0.05, 0) is 38.1 Å². The Morgan fingerprint density at radius 3 is 2.60 bits per heavy atom. The van der Waals surface area contributed by atoms with Crippen molar-refractivity contribution in [1.82, 2.24) is 25.4 Å². The summed E-state index contributed by atoms with van der Waals surface area (Å²) in [7, 11) is 0. The van der Waals surface area contributed by atoms with Crippen LogP contribution in [0, 0.1) is 0 Å². The summed E-state index contributed by atoms with van der Waals surface area (Å²) in [4.78, 5) is 16.7. The molecule has 1 atom stereocenters. The fourth-order valence-electron chi connectivity index (χ4n) is 3.93. The number of ether oxygens (including phenoxy) is 1. The molecule has 1 aromatic heterocycles. The summed E-state index contributed by atoms with van der Waals surface area (Å²) >= 11 is 0. The van der Waals surface area contributed by atoms with Crippen molar-refractivity contribution in [3.8, 4) is 0 Å². The van der Waals surface area contributed by atoms with Gasteiger partial charge in [-0.2, -0.15) is 0 Å². The molecule has 2 saturated heterocycles. The van der Waals surface area contributed by atoms with Crippen molar-refractivity contribution in [3.05, 3.63) is 23.9 Å². The van der Waals surface area contributed by atoms with Crippen LogP contribution in [-0.2, 0) is 11.3 Å². The van der Waals surface area contributed by atoms with E-state index in [2.05, 4.69) is 63.2 Å². The lowest BCUT2D eigenvalue weighted by molar-refractivity contribution is 0.0211. The third kappa shape index (κ3) is 6.82. The Morgan fingerprint density at radius 1 is 1.13 bits per heavy atom. The van der Waals surface area contributed by atoms with Crippen LogP contribution in [0.15, 0.2) is 23.3 Å². The van der Waals surface area contributed by atoms with E-state index >= 15 is 0 Å². The molecule has 2 fully saturated rings. The molecule has 30 heavy (non-hydrogen) atoms. The minimum atomic E-state index is 0.451. The number of rotatable bonds is 8. The van der Waals surface area contributed by atoms with Crippen LogP contribution in [0.1, 0.15) is 26.3 Å². The third-order valence-corrected chi connectivity index (χ3v) is 5.95. The molecule has 2 aliphatic heterocycles. The van der Waals surface area contributed by atoms with Crippen LogP contribution in [0.4, 0.5) is 5.82 Å². The predicted octanol–water partition coefficient (Wildman–Crippen LogP) is 0.999. The van der Waals surface area contributed by atoms with Gasteiger partial charge >= 0.3 is 0 Å². The topological polar surface area (TPSA) is 68.3 Å². The molecule has 0 amide bonds. The molecule has 0 bridgehead atoms. The quantitative estimate of drug-likeness (QED) is 0.483. The highest BCUT2D eigenvalue weighted by Crippen LogP contribution is 2.15. The third-order valence-electron chi connectivity index (χ3n) is 5.95. The Labute approximate surface area is 181 Å². The number of guanidine groups is 1. The lowest BCUT2D eigenvalue weighted by Gasteiger charge is -2.34. The van der Waals surface area contributed by atoms with Crippen LogP contribution in [0.25, 0.3) is 0 Å². The number of hydrogen-bond donors (Lipinski definition) is 2. The fourth-order valence-corrected chi connectivity index (χ4v) is 3.93. The molecule has 8 heteroatoms. The number of nitrogens with zero attached hydrogens (tertiary/aromatic N) is 5. The van der Waals surface area contributed by atoms with E-state index < -0.39 is 0 Å². The molecule has 8 nitrogen and oxygen atoms in total. The summed E-state index contributed by atoms with van der Waals surface area (Å²) in [6.07, 6.45) is 1.91. The smallest absolute Gasteiger partial charge is 0.191 e. The molecule has 0 aliphatic carbocycles. The molecule has 0 aromatic carbocycles. The largest absolute Gasteiger partial charge is 0.379 e. The summed E-state index contributed by atoms with van der Waals surface area (Å²) in [5.74, 6) is 1.94. The maximum absolute atomic E-state index is 5.46. The highest BCUT2D eigenvalue weighted by molar-refractivity contribution is 5.79. The van der Waals surface area contributed by atoms with Crippen LogP contribution in [-0.4, -0.2) is 98.9 Å². The molecule has 3 heterocycles. The average molecular weight is 418 g/mol. The highest BCUT2D eigenvalue weighted by atomic mass is 16.5. The van der Waals surface area contributed by atoms with Crippen molar-refractivity contribution >= 4 is 11.8 Å². The van der Waals surface area contributed by atoms with Gasteiger partial charge in [-0.25, -0.2) is 9.98 Å². The van der Waals surface area contributed by atoms with E-state index in [-0.39, 0.29) is 0 Å². The van der Waals surface area contributed by atoms with Gasteiger partial charge in [0.05, 0.1) is 19.8 Å². The van der Waals surface area contributed by atoms with E-state index in [1.807, 2.05) is 6.20 Å². The van der Waals surface area contributed by atoms with Crippen molar-refractivity contribution in [2.24, 2.45) is 4.99 Å². The van der Waals surface area contributed by atoms with Crippen LogP contribution in [0.2, 0.25) is 0 Å². The molecule has 2 N–H and O–H groups in total. The zero-order chi connectivity index (χ0) is 21.2. The van der Waals surface area contributed by atoms with Gasteiger partial charge in [-0.15, -0.1) is 0 Å². The first-order chi connectivity index (χ1) is 14.7. The molecule has 1 unspecified atom stereocenters. The first-order valence-corrected chi connectivity index (χ1v) is 11.5. The van der Waals surface area contributed by atoms with Gasteiger partial charge in [0.25, 0.3) is 0 Å². The van der Waals surface area contributed by atoms with Gasteiger partial charge < -0.3 is 25.2 Å². The SMILES string of the molecule is CCNC(=NCc1ccnc(N2CCN(CC)CC2)c1)NCC(C)N1CCOCC1. The summed E-state index contributed by atoms with van der Waals surface area (Å²) in [5.41, 5.74) is 1.19. The van der Waals surface area contributed by atoms with E-state index in [4.69, 9.17) is 9.73 Å². The second-order valence-corrected chi connectivity index (χ2v) is 8.02. The molecule has 3 rings (SSSR count). The lowest BCUT2D eigenvalue weighted by atomic mass is 10.2. The molecule has 0 spiro atoms. The summed E-state index contributed by atoms with van der Waals surface area (Å²) in [6, 6.07) is 4.70. The minimum absolute atomic E-state index is 0.451. The van der Waals surface area contributed by atoms with Gasteiger partial charge in [0.1, 0.15) is 5.82 Å².